The van der Waals surface area contributed by atoms with Crippen LogP contribution < -0.4 is 11.0 Å². The first kappa shape index (κ1) is 10.6. The third-order valence-corrected chi connectivity index (χ3v) is 1.42. The van der Waals surface area contributed by atoms with Crippen LogP contribution in [0.3, 0.4) is 0 Å². The van der Waals surface area contributed by atoms with E-state index in [1.165, 1.54) is 4.68 Å². The van der Waals surface area contributed by atoms with Crippen LogP contribution in [0, 0.1) is 0 Å². The summed E-state index contributed by atoms with van der Waals surface area (Å²) in [6.07, 6.45) is 2.72. The highest BCUT2D eigenvalue weighted by Crippen LogP contribution is 2.08. The van der Waals surface area contributed by atoms with Gasteiger partial charge in [0.15, 0.2) is 0 Å². The van der Waals surface area contributed by atoms with E-state index in [0.29, 0.717) is 0 Å². The van der Waals surface area contributed by atoms with E-state index in [2.05, 4.69) is 0 Å². The minimum absolute atomic E-state index is 0.540. The van der Waals surface area contributed by atoms with Crippen molar-refractivity contribution < 1.29 is 9.53 Å². The molecule has 0 aliphatic carbocycles. The second-order valence-electron chi connectivity index (χ2n) is 3.89. The molecule has 1 amide bonds. The summed E-state index contributed by atoms with van der Waals surface area (Å²) in [6.45, 7) is 5.36. The fraction of sp³-hybridized carbons (Fsp3) is 0.444. The standard InChI is InChI=1S/C9H15N3O2/c1-9(2,3)14-8(13)12(10)11-6-4-5-7-11/h4-7H,10H2,1-3H3. The number of hydrazine groups is 1. The summed E-state index contributed by atoms with van der Waals surface area (Å²) in [7, 11) is 0. The number of hydrogen-bond acceptors (Lipinski definition) is 3. The lowest BCUT2D eigenvalue weighted by molar-refractivity contribution is 0.0538. The van der Waals surface area contributed by atoms with Crippen molar-refractivity contribution in [2.75, 3.05) is 5.12 Å². The molecule has 0 saturated carbocycles. The van der Waals surface area contributed by atoms with Crippen LogP contribution in [0.15, 0.2) is 24.5 Å². The highest BCUT2D eigenvalue weighted by Gasteiger charge is 2.20. The predicted molar refractivity (Wildman–Crippen MR) is 53.1 cm³/mol. The number of ether oxygens (including phenoxy) is 1. The van der Waals surface area contributed by atoms with E-state index >= 15 is 0 Å². The Bertz CT molecular complexity index is 300. The van der Waals surface area contributed by atoms with Gasteiger partial charge in [-0.2, -0.15) is 0 Å². The molecule has 2 N–H and O–H groups in total. The van der Waals surface area contributed by atoms with Gasteiger partial charge in [0.05, 0.1) is 0 Å². The normalized spacial score (nSPS) is 11.1. The zero-order valence-corrected chi connectivity index (χ0v) is 8.60. The van der Waals surface area contributed by atoms with Crippen LogP contribution in [0.1, 0.15) is 20.8 Å². The summed E-state index contributed by atoms with van der Waals surface area (Å²) in [5.74, 6) is 5.51. The third kappa shape index (κ3) is 2.77. The molecule has 1 aromatic rings. The first-order valence-corrected chi connectivity index (χ1v) is 4.31. The Kier molecular flexibility index (Phi) is 2.81. The molecule has 5 heteroatoms. The summed E-state index contributed by atoms with van der Waals surface area (Å²) in [6, 6.07) is 3.54. The van der Waals surface area contributed by atoms with Gasteiger partial charge in [0.1, 0.15) is 5.60 Å². The first-order chi connectivity index (χ1) is 6.40. The molecule has 0 saturated heterocycles. The van der Waals surface area contributed by atoms with Crippen molar-refractivity contribution in [2.45, 2.75) is 26.4 Å². The van der Waals surface area contributed by atoms with Crippen molar-refractivity contribution in [2.24, 2.45) is 5.84 Å². The van der Waals surface area contributed by atoms with Gasteiger partial charge in [0, 0.05) is 12.4 Å². The molecule has 1 rings (SSSR count). The van der Waals surface area contributed by atoms with Crippen molar-refractivity contribution in [1.29, 1.82) is 0 Å². The minimum atomic E-state index is -0.589. The van der Waals surface area contributed by atoms with Gasteiger partial charge in [-0.25, -0.2) is 15.3 Å². The van der Waals surface area contributed by atoms with Gasteiger partial charge in [-0.15, -0.1) is 5.12 Å². The Labute approximate surface area is 83.0 Å². The molecule has 1 aromatic heterocycles. The van der Waals surface area contributed by atoms with Gasteiger partial charge in [0.25, 0.3) is 0 Å². The van der Waals surface area contributed by atoms with Crippen LogP contribution in [0.2, 0.25) is 0 Å². The van der Waals surface area contributed by atoms with Gasteiger partial charge < -0.3 is 4.74 Å². The number of carbonyl (C=O) groups excluding carboxylic acids is 1. The number of hydrogen-bond donors (Lipinski definition) is 1. The molecule has 0 bridgehead atoms. The Hall–Kier alpha value is -1.49. The van der Waals surface area contributed by atoms with Crippen LogP contribution in [-0.2, 0) is 4.74 Å². The maximum atomic E-state index is 11.4. The van der Waals surface area contributed by atoms with Crippen LogP contribution in [-0.4, -0.2) is 16.4 Å². The van der Waals surface area contributed by atoms with Crippen LogP contribution in [0.25, 0.3) is 0 Å². The Balaban J connectivity index is 2.63. The van der Waals surface area contributed by atoms with Gasteiger partial charge in [-0.05, 0) is 32.9 Å². The number of carbonyl (C=O) groups is 1. The summed E-state index contributed by atoms with van der Waals surface area (Å²) < 4.78 is 6.50. The summed E-state index contributed by atoms with van der Waals surface area (Å²) in [4.78, 5) is 11.4. The second kappa shape index (κ2) is 3.71. The van der Waals surface area contributed by atoms with Gasteiger partial charge in [-0.3, -0.25) is 0 Å². The number of aromatic nitrogens is 1. The number of nitrogens with two attached hydrogens (primary N) is 1. The number of rotatable bonds is 1. The average molecular weight is 197 g/mol. The molecule has 78 valence electrons. The maximum absolute atomic E-state index is 11.4. The molecule has 5 nitrogen and oxygen atoms in total. The van der Waals surface area contributed by atoms with Gasteiger partial charge in [-0.1, -0.05) is 0 Å². The first-order valence-electron chi connectivity index (χ1n) is 4.31. The molecule has 0 unspecified atom stereocenters. The fourth-order valence-corrected chi connectivity index (χ4v) is 0.872. The lowest BCUT2D eigenvalue weighted by Crippen LogP contribution is -2.48. The lowest BCUT2D eigenvalue weighted by Gasteiger charge is -2.24. The van der Waals surface area contributed by atoms with E-state index in [1.807, 2.05) is 0 Å². The van der Waals surface area contributed by atoms with E-state index < -0.39 is 11.7 Å². The zero-order chi connectivity index (χ0) is 10.8. The summed E-state index contributed by atoms with van der Waals surface area (Å²) >= 11 is 0. The van der Waals surface area contributed by atoms with Crippen LogP contribution >= 0.6 is 0 Å². The molecule has 0 fully saturated rings. The van der Waals surface area contributed by atoms with Gasteiger partial charge in [0.2, 0.25) is 0 Å². The predicted octanol–water partition coefficient (Wildman–Crippen LogP) is 1.23. The summed E-state index contributed by atoms with van der Waals surface area (Å²) in [5.41, 5.74) is -0.540. The van der Waals surface area contributed by atoms with Crippen molar-refractivity contribution in [3.05, 3.63) is 24.5 Å². The topological polar surface area (TPSA) is 60.5 Å². The largest absolute Gasteiger partial charge is 0.444 e. The molecular formula is C9H15N3O2. The molecular weight excluding hydrogens is 182 g/mol. The highest BCUT2D eigenvalue weighted by molar-refractivity contribution is 5.77. The van der Waals surface area contributed by atoms with Crippen molar-refractivity contribution in [1.82, 2.24) is 4.68 Å². The molecule has 0 radical (unpaired) electrons. The summed E-state index contributed by atoms with van der Waals surface area (Å²) in [5, 5.41) is 0.908. The Morgan fingerprint density at radius 1 is 1.36 bits per heavy atom. The Morgan fingerprint density at radius 2 is 1.86 bits per heavy atom. The van der Waals surface area contributed by atoms with E-state index in [0.717, 1.165) is 5.12 Å². The van der Waals surface area contributed by atoms with Crippen molar-refractivity contribution in [3.63, 3.8) is 0 Å². The van der Waals surface area contributed by atoms with E-state index in [9.17, 15) is 4.79 Å². The highest BCUT2D eigenvalue weighted by atomic mass is 16.6. The van der Waals surface area contributed by atoms with E-state index in [-0.39, 0.29) is 0 Å². The van der Waals surface area contributed by atoms with Crippen molar-refractivity contribution in [3.8, 4) is 0 Å². The molecule has 0 aliphatic heterocycles. The molecule has 0 aromatic carbocycles. The molecule has 0 spiro atoms. The molecule has 14 heavy (non-hydrogen) atoms. The molecule has 0 atom stereocenters. The fourth-order valence-electron chi connectivity index (χ4n) is 0.872. The SMILES string of the molecule is CC(C)(C)OC(=O)N(N)n1cccc1. The van der Waals surface area contributed by atoms with E-state index in [4.69, 9.17) is 10.6 Å². The van der Waals surface area contributed by atoms with Gasteiger partial charge >= 0.3 is 6.09 Å². The number of amides is 1. The Morgan fingerprint density at radius 3 is 2.29 bits per heavy atom. The third-order valence-electron chi connectivity index (χ3n) is 1.42. The smallest absolute Gasteiger partial charge is 0.441 e. The minimum Gasteiger partial charge on any atom is -0.441 e. The monoisotopic (exact) mass is 197 g/mol. The van der Waals surface area contributed by atoms with Crippen LogP contribution in [0.4, 0.5) is 4.79 Å². The lowest BCUT2D eigenvalue weighted by atomic mass is 10.2. The van der Waals surface area contributed by atoms with E-state index in [1.54, 1.807) is 45.3 Å². The maximum Gasteiger partial charge on any atom is 0.444 e. The van der Waals surface area contributed by atoms with Crippen LogP contribution in [0.5, 0.6) is 0 Å². The van der Waals surface area contributed by atoms with Crippen molar-refractivity contribution >= 4 is 6.09 Å². The quantitative estimate of drug-likeness (QED) is 0.418. The average Bonchev–Trinajstić information content (AvgIpc) is 2.51. The second-order valence-corrected chi connectivity index (χ2v) is 3.89. The molecule has 0 aliphatic rings. The number of nitrogens with zero attached hydrogens (tertiary/aromatic N) is 2. The zero-order valence-electron chi connectivity index (χ0n) is 8.60. The molecule has 1 heterocycles.